The van der Waals surface area contributed by atoms with E-state index in [2.05, 4.69) is 5.32 Å². The molecule has 2 heterocycles. The minimum absolute atomic E-state index is 0.230. The number of rotatable bonds is 2. The van der Waals surface area contributed by atoms with Gasteiger partial charge in [0.05, 0.1) is 0 Å². The monoisotopic (exact) mass is 213 g/mol. The summed E-state index contributed by atoms with van der Waals surface area (Å²) in [5.74, 6) is 0.230. The van der Waals surface area contributed by atoms with Crippen LogP contribution in [0.4, 0.5) is 4.39 Å². The van der Waals surface area contributed by atoms with E-state index in [0.29, 0.717) is 0 Å². The Hall–Kier alpha value is -0.410. The van der Waals surface area contributed by atoms with E-state index in [9.17, 15) is 4.39 Å². The van der Waals surface area contributed by atoms with Crippen molar-refractivity contribution >= 4 is 11.3 Å². The summed E-state index contributed by atoms with van der Waals surface area (Å²) < 4.78 is 14.1. The normalized spacial score (nSPS) is 21.0. The maximum Gasteiger partial charge on any atom is 0.137 e. The Morgan fingerprint density at radius 1 is 1.50 bits per heavy atom. The van der Waals surface area contributed by atoms with Crippen LogP contribution in [0.15, 0.2) is 11.4 Å². The Morgan fingerprint density at radius 3 is 2.79 bits per heavy atom. The van der Waals surface area contributed by atoms with E-state index in [-0.39, 0.29) is 5.92 Å². The Balaban J connectivity index is 2.07. The summed E-state index contributed by atoms with van der Waals surface area (Å²) in [6.45, 7) is 3.94. The second kappa shape index (κ2) is 4.41. The molecule has 78 valence electrons. The van der Waals surface area contributed by atoms with Gasteiger partial charge in [0.1, 0.15) is 6.17 Å². The molecule has 1 unspecified atom stereocenters. The van der Waals surface area contributed by atoms with Crippen LogP contribution in [0.5, 0.6) is 0 Å². The standard InChI is InChI=1S/C11H16FNS/c1-8-4-7-14-11(8)10(12)9-2-5-13-6-3-9/h4,7,9-10,13H,2-3,5-6H2,1H3. The van der Waals surface area contributed by atoms with Gasteiger partial charge >= 0.3 is 0 Å². The van der Waals surface area contributed by atoms with Crippen molar-refractivity contribution in [1.82, 2.24) is 5.32 Å². The third-order valence-corrected chi connectivity index (χ3v) is 4.02. The number of halogens is 1. The minimum atomic E-state index is -0.739. The van der Waals surface area contributed by atoms with E-state index in [4.69, 9.17) is 0 Å². The van der Waals surface area contributed by atoms with Crippen molar-refractivity contribution in [3.63, 3.8) is 0 Å². The number of aryl methyl sites for hydroxylation is 1. The van der Waals surface area contributed by atoms with Gasteiger partial charge in [-0.2, -0.15) is 0 Å². The summed E-state index contributed by atoms with van der Waals surface area (Å²) in [4.78, 5) is 0.942. The lowest BCUT2D eigenvalue weighted by Crippen LogP contribution is -2.29. The fourth-order valence-electron chi connectivity index (χ4n) is 2.02. The van der Waals surface area contributed by atoms with Crippen molar-refractivity contribution in [3.05, 3.63) is 21.9 Å². The van der Waals surface area contributed by atoms with Crippen molar-refractivity contribution in [1.29, 1.82) is 0 Å². The summed E-state index contributed by atoms with van der Waals surface area (Å²) >= 11 is 1.56. The molecule has 3 heteroatoms. The third kappa shape index (κ3) is 1.98. The van der Waals surface area contributed by atoms with Crippen LogP contribution in [0.1, 0.15) is 29.5 Å². The highest BCUT2D eigenvalue weighted by molar-refractivity contribution is 7.10. The maximum atomic E-state index is 14.1. The predicted molar refractivity (Wildman–Crippen MR) is 58.5 cm³/mol. The average molecular weight is 213 g/mol. The second-order valence-corrected chi connectivity index (χ2v) is 4.90. The number of piperidine rings is 1. The van der Waals surface area contributed by atoms with Crippen LogP contribution in [0.25, 0.3) is 0 Å². The highest BCUT2D eigenvalue weighted by atomic mass is 32.1. The van der Waals surface area contributed by atoms with Crippen LogP contribution in [0.3, 0.4) is 0 Å². The number of thiophene rings is 1. The molecule has 0 radical (unpaired) electrons. The molecule has 1 aliphatic rings. The summed E-state index contributed by atoms with van der Waals surface area (Å²) in [5.41, 5.74) is 1.11. The zero-order chi connectivity index (χ0) is 9.97. The van der Waals surface area contributed by atoms with Gasteiger partial charge in [0.2, 0.25) is 0 Å². The first-order valence-corrected chi connectivity index (χ1v) is 6.06. The molecule has 14 heavy (non-hydrogen) atoms. The number of alkyl halides is 1. The van der Waals surface area contributed by atoms with Gasteiger partial charge in [-0.05, 0) is 55.8 Å². The molecule has 1 saturated heterocycles. The van der Waals surface area contributed by atoms with Crippen molar-refractivity contribution in [2.75, 3.05) is 13.1 Å². The smallest absolute Gasteiger partial charge is 0.137 e. The van der Waals surface area contributed by atoms with E-state index in [1.54, 1.807) is 11.3 Å². The number of nitrogens with one attached hydrogen (secondary N) is 1. The van der Waals surface area contributed by atoms with E-state index in [1.807, 2.05) is 18.4 Å². The number of hydrogen-bond acceptors (Lipinski definition) is 2. The van der Waals surface area contributed by atoms with Gasteiger partial charge in [-0.3, -0.25) is 0 Å². The van der Waals surface area contributed by atoms with Gasteiger partial charge in [-0.15, -0.1) is 11.3 Å². The second-order valence-electron chi connectivity index (χ2n) is 3.96. The minimum Gasteiger partial charge on any atom is -0.317 e. The van der Waals surface area contributed by atoms with Gasteiger partial charge in [0.25, 0.3) is 0 Å². The molecule has 1 fully saturated rings. The van der Waals surface area contributed by atoms with Gasteiger partial charge in [0, 0.05) is 4.88 Å². The molecule has 0 aromatic carbocycles. The summed E-state index contributed by atoms with van der Waals surface area (Å²) in [5, 5.41) is 5.25. The predicted octanol–water partition coefficient (Wildman–Crippen LogP) is 3.07. The van der Waals surface area contributed by atoms with Crippen LogP contribution >= 0.6 is 11.3 Å². The number of hydrogen-bond donors (Lipinski definition) is 1. The molecular formula is C11H16FNS. The molecule has 1 atom stereocenters. The Bertz CT molecular complexity index is 291. The van der Waals surface area contributed by atoms with E-state index >= 15 is 0 Å². The molecule has 0 spiro atoms. The molecule has 2 rings (SSSR count). The van der Waals surface area contributed by atoms with Gasteiger partial charge < -0.3 is 5.32 Å². The van der Waals surface area contributed by atoms with Crippen molar-refractivity contribution in [2.45, 2.75) is 25.9 Å². The maximum absolute atomic E-state index is 14.1. The summed E-state index contributed by atoms with van der Waals surface area (Å²) in [6, 6.07) is 2.01. The van der Waals surface area contributed by atoms with Crippen molar-refractivity contribution in [3.8, 4) is 0 Å². The van der Waals surface area contributed by atoms with E-state index in [0.717, 1.165) is 36.4 Å². The van der Waals surface area contributed by atoms with Crippen LogP contribution in [0, 0.1) is 12.8 Å². The van der Waals surface area contributed by atoms with Crippen LogP contribution in [-0.2, 0) is 0 Å². The fraction of sp³-hybridized carbons (Fsp3) is 0.636. The highest BCUT2D eigenvalue weighted by Crippen LogP contribution is 2.36. The molecule has 1 nitrogen and oxygen atoms in total. The zero-order valence-electron chi connectivity index (χ0n) is 8.42. The highest BCUT2D eigenvalue weighted by Gasteiger charge is 2.26. The zero-order valence-corrected chi connectivity index (χ0v) is 9.24. The first-order valence-electron chi connectivity index (χ1n) is 5.18. The first kappa shape index (κ1) is 10.1. The lowest BCUT2D eigenvalue weighted by molar-refractivity contribution is 0.193. The molecule has 1 aromatic heterocycles. The summed E-state index contributed by atoms with van der Waals surface area (Å²) in [7, 11) is 0. The summed E-state index contributed by atoms with van der Waals surface area (Å²) in [6.07, 6.45) is 1.20. The van der Waals surface area contributed by atoms with Gasteiger partial charge in [0.15, 0.2) is 0 Å². The quantitative estimate of drug-likeness (QED) is 0.796. The topological polar surface area (TPSA) is 12.0 Å². The molecular weight excluding hydrogens is 197 g/mol. The molecule has 0 bridgehead atoms. The fourth-order valence-corrected chi connectivity index (χ4v) is 3.01. The lowest BCUT2D eigenvalue weighted by Gasteiger charge is -2.25. The third-order valence-electron chi connectivity index (χ3n) is 2.95. The SMILES string of the molecule is Cc1ccsc1C(F)C1CCNCC1. The molecule has 0 aliphatic carbocycles. The van der Waals surface area contributed by atoms with Crippen LogP contribution in [-0.4, -0.2) is 13.1 Å². The van der Waals surface area contributed by atoms with Crippen molar-refractivity contribution < 1.29 is 4.39 Å². The Kier molecular flexibility index (Phi) is 3.19. The van der Waals surface area contributed by atoms with Crippen LogP contribution < -0.4 is 5.32 Å². The first-order chi connectivity index (χ1) is 6.79. The largest absolute Gasteiger partial charge is 0.317 e. The molecule has 1 aliphatic heterocycles. The van der Waals surface area contributed by atoms with E-state index in [1.165, 1.54) is 0 Å². The van der Waals surface area contributed by atoms with Crippen molar-refractivity contribution in [2.24, 2.45) is 5.92 Å². The Labute approximate surface area is 88.3 Å². The Morgan fingerprint density at radius 2 is 2.21 bits per heavy atom. The van der Waals surface area contributed by atoms with Gasteiger partial charge in [-0.25, -0.2) is 4.39 Å². The molecule has 1 N–H and O–H groups in total. The molecule has 1 aromatic rings. The van der Waals surface area contributed by atoms with Crippen LogP contribution in [0.2, 0.25) is 0 Å². The lowest BCUT2D eigenvalue weighted by atomic mass is 9.91. The van der Waals surface area contributed by atoms with Gasteiger partial charge in [-0.1, -0.05) is 0 Å². The molecule has 0 amide bonds. The average Bonchev–Trinajstić information content (AvgIpc) is 2.65. The molecule has 0 saturated carbocycles. The van der Waals surface area contributed by atoms with E-state index < -0.39 is 6.17 Å².